The van der Waals surface area contributed by atoms with E-state index in [2.05, 4.69) is 5.32 Å². The molecule has 2 aliphatic carbocycles. The van der Waals surface area contributed by atoms with Gasteiger partial charge in [0, 0.05) is 12.6 Å². The molecule has 2 saturated carbocycles. The van der Waals surface area contributed by atoms with Crippen LogP contribution < -0.4 is 11.1 Å². The lowest BCUT2D eigenvalue weighted by Gasteiger charge is -2.31. The molecule has 0 aromatic carbocycles. The molecule has 2 nitrogen and oxygen atoms in total. The predicted octanol–water partition coefficient (Wildman–Crippen LogP) is 2.19. The van der Waals surface area contributed by atoms with E-state index in [9.17, 15) is 13.2 Å². The summed E-state index contributed by atoms with van der Waals surface area (Å²) in [6, 6.07) is 0.0743. The third-order valence-corrected chi connectivity index (χ3v) is 3.96. The van der Waals surface area contributed by atoms with Crippen LogP contribution >= 0.6 is 0 Å². The van der Waals surface area contributed by atoms with Crippen LogP contribution in [-0.2, 0) is 0 Å². The van der Waals surface area contributed by atoms with Crippen LogP contribution in [-0.4, -0.2) is 24.3 Å². The van der Waals surface area contributed by atoms with Crippen LogP contribution in [0.4, 0.5) is 13.2 Å². The Kier molecular flexibility index (Phi) is 3.18. The highest BCUT2D eigenvalue weighted by Crippen LogP contribution is 2.49. The number of halogens is 3. The fourth-order valence-electron chi connectivity index (χ4n) is 2.50. The van der Waals surface area contributed by atoms with E-state index < -0.39 is 11.7 Å². The van der Waals surface area contributed by atoms with E-state index in [1.54, 1.807) is 0 Å². The number of nitrogens with two attached hydrogens (primary N) is 1. The number of rotatable bonds is 3. The Morgan fingerprint density at radius 3 is 2.31 bits per heavy atom. The van der Waals surface area contributed by atoms with E-state index in [-0.39, 0.29) is 24.8 Å². The fourth-order valence-corrected chi connectivity index (χ4v) is 2.50. The predicted molar refractivity (Wildman–Crippen MR) is 56.0 cm³/mol. The molecule has 0 aromatic heterocycles. The smallest absolute Gasteiger partial charge is 0.327 e. The normalized spacial score (nSPS) is 33.8. The van der Waals surface area contributed by atoms with Gasteiger partial charge >= 0.3 is 6.18 Å². The van der Waals surface area contributed by atoms with E-state index in [0.29, 0.717) is 6.54 Å². The standard InChI is InChI=1S/C11H19F3N2/c12-11(13,14)10(5-6-10)16-7-8-3-1-2-4-9(8)15/h8-9,16H,1-7,15H2. The van der Waals surface area contributed by atoms with Crippen molar-refractivity contribution >= 4 is 0 Å². The van der Waals surface area contributed by atoms with Crippen molar-refractivity contribution in [2.24, 2.45) is 11.7 Å². The van der Waals surface area contributed by atoms with E-state index in [1.165, 1.54) is 0 Å². The lowest BCUT2D eigenvalue weighted by atomic mass is 9.85. The minimum Gasteiger partial charge on any atom is -0.327 e. The molecule has 0 aliphatic heterocycles. The number of hydrogen-bond donors (Lipinski definition) is 2. The van der Waals surface area contributed by atoms with Crippen LogP contribution in [0.5, 0.6) is 0 Å². The molecule has 2 rings (SSSR count). The van der Waals surface area contributed by atoms with Crippen LogP contribution in [0, 0.1) is 5.92 Å². The third kappa shape index (κ3) is 2.35. The maximum atomic E-state index is 12.7. The third-order valence-electron chi connectivity index (χ3n) is 3.96. The molecule has 0 aromatic rings. The second kappa shape index (κ2) is 4.18. The van der Waals surface area contributed by atoms with E-state index in [0.717, 1.165) is 25.7 Å². The van der Waals surface area contributed by atoms with Crippen LogP contribution in [0.25, 0.3) is 0 Å². The van der Waals surface area contributed by atoms with Crippen molar-refractivity contribution in [2.45, 2.75) is 56.3 Å². The first-order valence-electron chi connectivity index (χ1n) is 6.02. The lowest BCUT2D eigenvalue weighted by molar-refractivity contribution is -0.166. The van der Waals surface area contributed by atoms with Gasteiger partial charge in [-0.3, -0.25) is 0 Å². The van der Waals surface area contributed by atoms with Crippen molar-refractivity contribution in [2.75, 3.05) is 6.54 Å². The van der Waals surface area contributed by atoms with Gasteiger partial charge in [-0.05, 0) is 31.6 Å². The van der Waals surface area contributed by atoms with Gasteiger partial charge in [0.1, 0.15) is 5.54 Å². The van der Waals surface area contributed by atoms with Crippen molar-refractivity contribution in [3.63, 3.8) is 0 Å². The summed E-state index contributed by atoms with van der Waals surface area (Å²) in [6.45, 7) is 0.417. The zero-order valence-corrected chi connectivity index (χ0v) is 9.32. The highest BCUT2D eigenvalue weighted by atomic mass is 19.4. The molecule has 0 heterocycles. The zero-order chi connectivity index (χ0) is 11.8. The molecule has 2 unspecified atom stereocenters. The summed E-state index contributed by atoms with van der Waals surface area (Å²) >= 11 is 0. The quantitative estimate of drug-likeness (QED) is 0.788. The fraction of sp³-hybridized carbons (Fsp3) is 1.00. The first-order valence-corrected chi connectivity index (χ1v) is 6.02. The molecule has 5 heteroatoms. The number of hydrogen-bond acceptors (Lipinski definition) is 2. The largest absolute Gasteiger partial charge is 0.406 e. The van der Waals surface area contributed by atoms with E-state index in [1.807, 2.05) is 0 Å². The highest BCUT2D eigenvalue weighted by molar-refractivity contribution is 5.08. The maximum absolute atomic E-state index is 12.7. The van der Waals surface area contributed by atoms with Gasteiger partial charge in [0.25, 0.3) is 0 Å². The Morgan fingerprint density at radius 2 is 1.81 bits per heavy atom. The molecular weight excluding hydrogens is 217 g/mol. The van der Waals surface area contributed by atoms with Crippen LogP contribution in [0.1, 0.15) is 38.5 Å². The summed E-state index contributed by atoms with van der Waals surface area (Å²) < 4.78 is 38.0. The average molecular weight is 236 g/mol. The van der Waals surface area contributed by atoms with Gasteiger partial charge in [-0.15, -0.1) is 0 Å². The van der Waals surface area contributed by atoms with Gasteiger partial charge in [-0.25, -0.2) is 0 Å². The molecule has 3 N–H and O–H groups in total. The minimum atomic E-state index is -4.11. The van der Waals surface area contributed by atoms with Gasteiger partial charge in [0.05, 0.1) is 0 Å². The first-order chi connectivity index (χ1) is 7.45. The van der Waals surface area contributed by atoms with E-state index >= 15 is 0 Å². The topological polar surface area (TPSA) is 38.0 Å². The molecule has 2 fully saturated rings. The molecular formula is C11H19F3N2. The number of nitrogens with one attached hydrogen (secondary N) is 1. The van der Waals surface area contributed by atoms with Gasteiger partial charge < -0.3 is 11.1 Å². The van der Waals surface area contributed by atoms with Gasteiger partial charge in [-0.2, -0.15) is 13.2 Å². The van der Waals surface area contributed by atoms with Crippen molar-refractivity contribution in [1.82, 2.24) is 5.32 Å². The summed E-state index contributed by atoms with van der Waals surface area (Å²) in [6.07, 6.45) is 0.456. The summed E-state index contributed by atoms with van der Waals surface area (Å²) in [5.41, 5.74) is 4.34. The van der Waals surface area contributed by atoms with E-state index in [4.69, 9.17) is 5.73 Å². The lowest BCUT2D eigenvalue weighted by Crippen LogP contribution is -2.49. The molecule has 0 bridgehead atoms. The van der Waals surface area contributed by atoms with Gasteiger partial charge in [0.2, 0.25) is 0 Å². The molecule has 0 spiro atoms. The number of alkyl halides is 3. The summed E-state index contributed by atoms with van der Waals surface area (Å²) in [7, 11) is 0. The molecule has 2 aliphatic rings. The molecule has 16 heavy (non-hydrogen) atoms. The molecule has 94 valence electrons. The molecule has 0 radical (unpaired) electrons. The van der Waals surface area contributed by atoms with Crippen molar-refractivity contribution in [3.05, 3.63) is 0 Å². The second-order valence-corrected chi connectivity index (χ2v) is 5.17. The first kappa shape index (κ1) is 12.2. The van der Waals surface area contributed by atoms with Gasteiger partial charge in [-0.1, -0.05) is 12.8 Å². The van der Waals surface area contributed by atoms with Crippen molar-refractivity contribution < 1.29 is 13.2 Å². The molecule has 2 atom stereocenters. The molecule has 0 saturated heterocycles. The molecule has 0 amide bonds. The Morgan fingerprint density at radius 1 is 1.19 bits per heavy atom. The Balaban J connectivity index is 1.83. The summed E-state index contributed by atoms with van der Waals surface area (Å²) in [4.78, 5) is 0. The second-order valence-electron chi connectivity index (χ2n) is 5.17. The Bertz CT molecular complexity index is 248. The van der Waals surface area contributed by atoms with Crippen LogP contribution in [0.3, 0.4) is 0 Å². The van der Waals surface area contributed by atoms with Crippen molar-refractivity contribution in [1.29, 1.82) is 0 Å². The maximum Gasteiger partial charge on any atom is 0.406 e. The Labute approximate surface area is 93.8 Å². The average Bonchev–Trinajstić information content (AvgIpc) is 2.96. The Hall–Kier alpha value is -0.290. The highest BCUT2D eigenvalue weighted by Gasteiger charge is 2.63. The van der Waals surface area contributed by atoms with Crippen LogP contribution in [0.2, 0.25) is 0 Å². The minimum absolute atomic E-state index is 0.0743. The van der Waals surface area contributed by atoms with Crippen molar-refractivity contribution in [3.8, 4) is 0 Å². The summed E-state index contributed by atoms with van der Waals surface area (Å²) in [5, 5.41) is 2.71. The zero-order valence-electron chi connectivity index (χ0n) is 9.32. The summed E-state index contributed by atoms with van der Waals surface area (Å²) in [5.74, 6) is 0.216. The SMILES string of the molecule is NC1CCCCC1CNC1(C(F)(F)F)CC1. The van der Waals surface area contributed by atoms with Gasteiger partial charge in [0.15, 0.2) is 0 Å². The van der Waals surface area contributed by atoms with Crippen LogP contribution in [0.15, 0.2) is 0 Å². The monoisotopic (exact) mass is 236 g/mol.